The standard InChI is InChI=1S/C20H21N3O4/c1-13-4-9-17(26-3)16(12-13)21-18(24)10-11-19-22-23-20(27-19)14-5-7-15(25-2)8-6-14/h4-9,12H,10-11H2,1-3H3,(H,21,24). The van der Waals surface area contributed by atoms with Crippen LogP contribution in [0, 0.1) is 6.92 Å². The maximum Gasteiger partial charge on any atom is 0.247 e. The number of rotatable bonds is 7. The van der Waals surface area contributed by atoms with Crippen molar-refractivity contribution in [3.63, 3.8) is 0 Å². The van der Waals surface area contributed by atoms with Gasteiger partial charge in [-0.2, -0.15) is 0 Å². The van der Waals surface area contributed by atoms with Crippen molar-refractivity contribution in [2.45, 2.75) is 19.8 Å². The number of nitrogens with one attached hydrogen (secondary N) is 1. The fraction of sp³-hybridized carbons (Fsp3) is 0.250. The van der Waals surface area contributed by atoms with E-state index in [0.717, 1.165) is 16.9 Å². The second-order valence-corrected chi connectivity index (χ2v) is 5.98. The van der Waals surface area contributed by atoms with Crippen LogP contribution in [0.2, 0.25) is 0 Å². The number of aromatic nitrogens is 2. The average molecular weight is 367 g/mol. The Morgan fingerprint density at radius 1 is 1.07 bits per heavy atom. The molecule has 1 N–H and O–H groups in total. The molecule has 0 unspecified atom stereocenters. The van der Waals surface area contributed by atoms with E-state index in [0.29, 0.717) is 29.6 Å². The van der Waals surface area contributed by atoms with Crippen LogP contribution in [-0.2, 0) is 11.2 Å². The van der Waals surface area contributed by atoms with Gasteiger partial charge < -0.3 is 19.2 Å². The van der Waals surface area contributed by atoms with Gasteiger partial charge in [0.05, 0.1) is 19.9 Å². The van der Waals surface area contributed by atoms with Crippen LogP contribution in [0.1, 0.15) is 17.9 Å². The molecule has 2 aromatic carbocycles. The first-order chi connectivity index (χ1) is 13.1. The van der Waals surface area contributed by atoms with E-state index in [1.807, 2.05) is 49.4 Å². The summed E-state index contributed by atoms with van der Waals surface area (Å²) in [5, 5.41) is 10.9. The highest BCUT2D eigenvalue weighted by Gasteiger charge is 2.12. The molecular weight excluding hydrogens is 346 g/mol. The summed E-state index contributed by atoms with van der Waals surface area (Å²) < 4.78 is 16.0. The molecule has 0 bridgehead atoms. The quantitative estimate of drug-likeness (QED) is 0.686. The topological polar surface area (TPSA) is 86.5 Å². The number of aryl methyl sites for hydroxylation is 2. The highest BCUT2D eigenvalue weighted by Crippen LogP contribution is 2.25. The Labute approximate surface area is 157 Å². The highest BCUT2D eigenvalue weighted by molar-refractivity contribution is 5.92. The number of anilines is 1. The summed E-state index contributed by atoms with van der Waals surface area (Å²) >= 11 is 0. The molecule has 3 aromatic rings. The Hall–Kier alpha value is -3.35. The van der Waals surface area contributed by atoms with Crippen LogP contribution in [0.25, 0.3) is 11.5 Å². The predicted molar refractivity (Wildman–Crippen MR) is 101 cm³/mol. The summed E-state index contributed by atoms with van der Waals surface area (Å²) in [6.45, 7) is 1.95. The molecule has 1 heterocycles. The largest absolute Gasteiger partial charge is 0.497 e. The Morgan fingerprint density at radius 3 is 2.56 bits per heavy atom. The van der Waals surface area contributed by atoms with E-state index in [1.54, 1.807) is 14.2 Å². The number of methoxy groups -OCH3 is 2. The number of amides is 1. The number of nitrogens with zero attached hydrogens (tertiary/aromatic N) is 2. The lowest BCUT2D eigenvalue weighted by molar-refractivity contribution is -0.116. The molecular formula is C20H21N3O4. The van der Waals surface area contributed by atoms with E-state index in [9.17, 15) is 4.79 Å². The molecule has 0 radical (unpaired) electrons. The molecule has 0 aliphatic carbocycles. The number of benzene rings is 2. The normalized spacial score (nSPS) is 10.5. The van der Waals surface area contributed by atoms with Crippen molar-refractivity contribution in [1.82, 2.24) is 10.2 Å². The van der Waals surface area contributed by atoms with Crippen LogP contribution in [0.15, 0.2) is 46.9 Å². The first-order valence-electron chi connectivity index (χ1n) is 8.50. The van der Waals surface area contributed by atoms with Gasteiger partial charge in [-0.3, -0.25) is 4.79 Å². The number of carbonyl (C=O) groups excluding carboxylic acids is 1. The molecule has 1 aromatic heterocycles. The van der Waals surface area contributed by atoms with E-state index in [-0.39, 0.29) is 12.3 Å². The van der Waals surface area contributed by atoms with Crippen molar-refractivity contribution < 1.29 is 18.7 Å². The third-order valence-corrected chi connectivity index (χ3v) is 4.00. The molecule has 0 saturated carbocycles. The van der Waals surface area contributed by atoms with Gasteiger partial charge in [0.25, 0.3) is 0 Å². The summed E-state index contributed by atoms with van der Waals surface area (Å²) in [4.78, 5) is 12.2. The first kappa shape index (κ1) is 18.4. The fourth-order valence-corrected chi connectivity index (χ4v) is 2.56. The molecule has 3 rings (SSSR count). The maximum atomic E-state index is 12.2. The molecule has 0 saturated heterocycles. The minimum absolute atomic E-state index is 0.150. The van der Waals surface area contributed by atoms with Crippen molar-refractivity contribution >= 4 is 11.6 Å². The van der Waals surface area contributed by atoms with Gasteiger partial charge in [0.2, 0.25) is 17.7 Å². The molecule has 7 heteroatoms. The zero-order valence-electron chi connectivity index (χ0n) is 15.5. The highest BCUT2D eigenvalue weighted by atomic mass is 16.5. The van der Waals surface area contributed by atoms with Crippen LogP contribution in [0.4, 0.5) is 5.69 Å². The number of carbonyl (C=O) groups is 1. The van der Waals surface area contributed by atoms with Crippen LogP contribution in [0.5, 0.6) is 11.5 Å². The van der Waals surface area contributed by atoms with E-state index >= 15 is 0 Å². The van der Waals surface area contributed by atoms with Crippen molar-refractivity contribution in [2.24, 2.45) is 0 Å². The van der Waals surface area contributed by atoms with Gasteiger partial charge in [-0.15, -0.1) is 10.2 Å². The summed E-state index contributed by atoms with van der Waals surface area (Å²) in [6.07, 6.45) is 0.574. The molecule has 140 valence electrons. The monoisotopic (exact) mass is 367 g/mol. The zero-order chi connectivity index (χ0) is 19.2. The smallest absolute Gasteiger partial charge is 0.247 e. The SMILES string of the molecule is COc1ccc(-c2nnc(CCC(=O)Nc3cc(C)ccc3OC)o2)cc1. The van der Waals surface area contributed by atoms with Crippen molar-refractivity contribution in [3.8, 4) is 23.0 Å². The predicted octanol–water partition coefficient (Wildman–Crippen LogP) is 3.63. The molecule has 0 aliphatic rings. The van der Waals surface area contributed by atoms with Gasteiger partial charge >= 0.3 is 0 Å². The first-order valence-corrected chi connectivity index (χ1v) is 8.50. The van der Waals surface area contributed by atoms with Gasteiger partial charge in [-0.05, 0) is 48.9 Å². The maximum absolute atomic E-state index is 12.2. The number of hydrogen-bond donors (Lipinski definition) is 1. The average Bonchev–Trinajstić information content (AvgIpc) is 3.16. The van der Waals surface area contributed by atoms with E-state index in [2.05, 4.69) is 15.5 Å². The molecule has 27 heavy (non-hydrogen) atoms. The lowest BCUT2D eigenvalue weighted by Crippen LogP contribution is -2.13. The molecule has 7 nitrogen and oxygen atoms in total. The Kier molecular flexibility index (Phi) is 5.71. The molecule has 0 aliphatic heterocycles. The van der Waals surface area contributed by atoms with Crippen LogP contribution in [-0.4, -0.2) is 30.3 Å². The van der Waals surface area contributed by atoms with Gasteiger partial charge in [0.15, 0.2) is 0 Å². The summed E-state index contributed by atoms with van der Waals surface area (Å²) in [7, 11) is 3.18. The van der Waals surface area contributed by atoms with Crippen molar-refractivity contribution in [3.05, 3.63) is 53.9 Å². The number of hydrogen-bond acceptors (Lipinski definition) is 6. The minimum atomic E-state index is -0.150. The second-order valence-electron chi connectivity index (χ2n) is 5.98. The van der Waals surface area contributed by atoms with E-state index in [1.165, 1.54) is 0 Å². The van der Waals surface area contributed by atoms with Gasteiger partial charge in [-0.1, -0.05) is 6.07 Å². The third kappa shape index (κ3) is 4.63. The molecule has 0 fully saturated rings. The summed E-state index contributed by atoms with van der Waals surface area (Å²) in [6, 6.07) is 12.9. The second kappa shape index (κ2) is 8.35. The molecule has 1 amide bonds. The summed E-state index contributed by atoms with van der Waals surface area (Å²) in [5.74, 6) is 2.04. The van der Waals surface area contributed by atoms with Crippen LogP contribution >= 0.6 is 0 Å². The van der Waals surface area contributed by atoms with E-state index in [4.69, 9.17) is 13.9 Å². The van der Waals surface area contributed by atoms with Crippen molar-refractivity contribution in [2.75, 3.05) is 19.5 Å². The van der Waals surface area contributed by atoms with Gasteiger partial charge in [0, 0.05) is 18.4 Å². The fourth-order valence-electron chi connectivity index (χ4n) is 2.56. The van der Waals surface area contributed by atoms with E-state index < -0.39 is 0 Å². The number of ether oxygens (including phenoxy) is 2. The Morgan fingerprint density at radius 2 is 1.85 bits per heavy atom. The van der Waals surface area contributed by atoms with Crippen LogP contribution < -0.4 is 14.8 Å². The lowest BCUT2D eigenvalue weighted by atomic mass is 10.2. The lowest BCUT2D eigenvalue weighted by Gasteiger charge is -2.10. The summed E-state index contributed by atoms with van der Waals surface area (Å²) in [5.41, 5.74) is 2.47. The third-order valence-electron chi connectivity index (χ3n) is 4.00. The van der Waals surface area contributed by atoms with Gasteiger partial charge in [0.1, 0.15) is 11.5 Å². The molecule has 0 spiro atoms. The Balaban J connectivity index is 1.59. The Bertz CT molecular complexity index is 919. The van der Waals surface area contributed by atoms with Crippen molar-refractivity contribution in [1.29, 1.82) is 0 Å². The van der Waals surface area contributed by atoms with Crippen LogP contribution in [0.3, 0.4) is 0 Å². The van der Waals surface area contributed by atoms with Gasteiger partial charge in [-0.25, -0.2) is 0 Å². The minimum Gasteiger partial charge on any atom is -0.497 e. The molecule has 0 atom stereocenters. The zero-order valence-corrected chi connectivity index (χ0v) is 15.5.